The summed E-state index contributed by atoms with van der Waals surface area (Å²) < 4.78 is 5.25. The Bertz CT molecular complexity index is 608. The predicted octanol–water partition coefficient (Wildman–Crippen LogP) is 3.12. The van der Waals surface area contributed by atoms with Crippen LogP contribution in [-0.4, -0.2) is 41.2 Å². The monoisotopic (exact) mass is 305 g/mol. The molecule has 1 aromatic carbocycles. The summed E-state index contributed by atoms with van der Waals surface area (Å²) in [4.78, 5) is 10.6. The zero-order valence-electron chi connectivity index (χ0n) is 12.4. The number of halogens is 1. The first-order valence-electron chi connectivity index (χ1n) is 7.24. The Hall–Kier alpha value is -1.36. The topological polar surface area (TPSA) is 41.1 Å². The number of benzene rings is 1. The lowest BCUT2D eigenvalue weighted by Crippen LogP contribution is -2.40. The Morgan fingerprint density at radius 1 is 1.38 bits per heavy atom. The normalized spacial score (nSPS) is 16.7. The summed E-state index contributed by atoms with van der Waals surface area (Å²) in [6.45, 7) is 4.89. The number of hydrogen-bond acceptors (Lipinski definition) is 3. The van der Waals surface area contributed by atoms with Crippen molar-refractivity contribution in [3.8, 4) is 11.4 Å². The van der Waals surface area contributed by atoms with E-state index in [-0.39, 0.29) is 0 Å². The molecule has 21 heavy (non-hydrogen) atoms. The van der Waals surface area contributed by atoms with Crippen molar-refractivity contribution in [1.82, 2.24) is 14.9 Å². The second-order valence-corrected chi connectivity index (χ2v) is 5.98. The fourth-order valence-corrected chi connectivity index (χ4v) is 2.91. The molecule has 0 unspecified atom stereocenters. The van der Waals surface area contributed by atoms with Crippen molar-refractivity contribution in [3.05, 3.63) is 40.7 Å². The lowest BCUT2D eigenvalue weighted by molar-refractivity contribution is 0.0898. The third kappa shape index (κ3) is 3.12. The maximum Gasteiger partial charge on any atom is 0.137 e. The number of methoxy groups -OCH3 is 1. The molecule has 0 fully saturated rings. The van der Waals surface area contributed by atoms with Gasteiger partial charge in [0.05, 0.1) is 18.0 Å². The zero-order chi connectivity index (χ0) is 14.8. The number of aromatic nitrogens is 2. The minimum Gasteiger partial charge on any atom is -0.383 e. The van der Waals surface area contributed by atoms with Crippen LogP contribution in [0.2, 0.25) is 5.02 Å². The number of imidazole rings is 1. The number of hydrogen-bond donors (Lipinski definition) is 1. The molecular formula is C16H20ClN3O. The molecule has 3 rings (SSSR count). The molecule has 0 bridgehead atoms. The summed E-state index contributed by atoms with van der Waals surface area (Å²) in [7, 11) is 1.75. The molecule has 1 aromatic heterocycles. The molecule has 1 aliphatic heterocycles. The Morgan fingerprint density at radius 2 is 2.14 bits per heavy atom. The Labute approximate surface area is 130 Å². The van der Waals surface area contributed by atoms with Gasteiger partial charge in [-0.15, -0.1) is 0 Å². The van der Waals surface area contributed by atoms with Gasteiger partial charge in [-0.3, -0.25) is 4.90 Å². The lowest BCUT2D eigenvalue weighted by atomic mass is 10.1. The summed E-state index contributed by atoms with van der Waals surface area (Å²) in [6.07, 6.45) is 0.980. The fraction of sp³-hybridized carbons (Fsp3) is 0.438. The molecule has 0 radical (unpaired) electrons. The van der Waals surface area contributed by atoms with Crippen LogP contribution in [0.5, 0.6) is 0 Å². The second-order valence-electron chi connectivity index (χ2n) is 5.54. The highest BCUT2D eigenvalue weighted by molar-refractivity contribution is 6.30. The summed E-state index contributed by atoms with van der Waals surface area (Å²) in [5.74, 6) is 0.929. The maximum absolute atomic E-state index is 5.93. The number of rotatable bonds is 4. The summed E-state index contributed by atoms with van der Waals surface area (Å²) in [5.41, 5.74) is 3.47. The Balaban J connectivity index is 1.79. The molecular weight excluding hydrogens is 286 g/mol. The first kappa shape index (κ1) is 14.6. The third-order valence-electron chi connectivity index (χ3n) is 4.01. The number of aromatic amines is 1. The number of H-pyrrole nitrogens is 1. The molecule has 4 nitrogen and oxygen atoms in total. The molecule has 1 N–H and O–H groups in total. The SMILES string of the molecule is COC[C@@H](C)N1CCc2nc(-c3ccc(Cl)cc3)[nH]c2C1. The lowest BCUT2D eigenvalue weighted by Gasteiger charge is -2.31. The van der Waals surface area contributed by atoms with Gasteiger partial charge in [-0.25, -0.2) is 4.98 Å². The van der Waals surface area contributed by atoms with Gasteiger partial charge in [0.2, 0.25) is 0 Å². The molecule has 0 amide bonds. The molecule has 0 aliphatic carbocycles. The van der Waals surface area contributed by atoms with Gasteiger partial charge in [0.15, 0.2) is 0 Å². The number of nitrogens with one attached hydrogen (secondary N) is 1. The van der Waals surface area contributed by atoms with Crippen molar-refractivity contribution in [2.75, 3.05) is 20.3 Å². The molecule has 5 heteroatoms. The van der Waals surface area contributed by atoms with E-state index in [1.807, 2.05) is 24.3 Å². The smallest absolute Gasteiger partial charge is 0.137 e. The van der Waals surface area contributed by atoms with E-state index >= 15 is 0 Å². The highest BCUT2D eigenvalue weighted by atomic mass is 35.5. The highest BCUT2D eigenvalue weighted by Crippen LogP contribution is 2.24. The first-order chi connectivity index (χ1) is 10.2. The molecule has 0 spiro atoms. The van der Waals surface area contributed by atoms with Crippen molar-refractivity contribution in [3.63, 3.8) is 0 Å². The van der Waals surface area contributed by atoms with E-state index in [1.165, 1.54) is 11.4 Å². The van der Waals surface area contributed by atoms with Crippen LogP contribution in [0.1, 0.15) is 18.3 Å². The van der Waals surface area contributed by atoms with Gasteiger partial charge in [0, 0.05) is 43.2 Å². The third-order valence-corrected chi connectivity index (χ3v) is 4.26. The van der Waals surface area contributed by atoms with Crippen LogP contribution in [-0.2, 0) is 17.7 Å². The van der Waals surface area contributed by atoms with Crippen LogP contribution in [0.4, 0.5) is 0 Å². The van der Waals surface area contributed by atoms with E-state index in [1.54, 1.807) is 7.11 Å². The maximum atomic E-state index is 5.93. The quantitative estimate of drug-likeness (QED) is 0.943. The van der Waals surface area contributed by atoms with Gasteiger partial charge in [0.1, 0.15) is 5.82 Å². The first-order valence-corrected chi connectivity index (χ1v) is 7.62. The molecule has 1 aliphatic rings. The van der Waals surface area contributed by atoms with Gasteiger partial charge in [0.25, 0.3) is 0 Å². The standard InChI is InChI=1S/C16H20ClN3O/c1-11(10-21-2)20-8-7-14-15(9-20)19-16(18-14)12-3-5-13(17)6-4-12/h3-6,11H,7-10H2,1-2H3,(H,18,19)/t11-/m1/s1. The van der Waals surface area contributed by atoms with Gasteiger partial charge in [-0.1, -0.05) is 11.6 Å². The second kappa shape index (κ2) is 6.18. The summed E-state index contributed by atoms with van der Waals surface area (Å²) in [6, 6.07) is 8.21. The largest absolute Gasteiger partial charge is 0.383 e. The molecule has 2 heterocycles. The van der Waals surface area contributed by atoms with Crippen molar-refractivity contribution in [2.24, 2.45) is 0 Å². The van der Waals surface area contributed by atoms with Crippen molar-refractivity contribution in [2.45, 2.75) is 25.9 Å². The van der Waals surface area contributed by atoms with Crippen molar-refractivity contribution in [1.29, 1.82) is 0 Å². The van der Waals surface area contributed by atoms with E-state index < -0.39 is 0 Å². The van der Waals surface area contributed by atoms with E-state index in [2.05, 4.69) is 16.8 Å². The molecule has 1 atom stereocenters. The average Bonchev–Trinajstić information content (AvgIpc) is 2.91. The summed E-state index contributed by atoms with van der Waals surface area (Å²) in [5, 5.41) is 0.745. The van der Waals surface area contributed by atoms with Gasteiger partial charge >= 0.3 is 0 Å². The number of fused-ring (bicyclic) bond motifs is 1. The van der Waals surface area contributed by atoms with E-state index in [0.717, 1.165) is 42.5 Å². The number of ether oxygens (including phenoxy) is 1. The number of nitrogens with zero attached hydrogens (tertiary/aromatic N) is 2. The van der Waals surface area contributed by atoms with Gasteiger partial charge in [-0.2, -0.15) is 0 Å². The van der Waals surface area contributed by atoms with E-state index in [4.69, 9.17) is 21.3 Å². The van der Waals surface area contributed by atoms with Crippen LogP contribution in [0.15, 0.2) is 24.3 Å². The van der Waals surface area contributed by atoms with Crippen LogP contribution in [0.25, 0.3) is 11.4 Å². The molecule has 0 saturated carbocycles. The highest BCUT2D eigenvalue weighted by Gasteiger charge is 2.23. The Morgan fingerprint density at radius 3 is 2.86 bits per heavy atom. The van der Waals surface area contributed by atoms with Crippen LogP contribution in [0.3, 0.4) is 0 Å². The van der Waals surface area contributed by atoms with Crippen molar-refractivity contribution >= 4 is 11.6 Å². The van der Waals surface area contributed by atoms with E-state index in [9.17, 15) is 0 Å². The minimum atomic E-state index is 0.422. The summed E-state index contributed by atoms with van der Waals surface area (Å²) >= 11 is 5.93. The van der Waals surface area contributed by atoms with Gasteiger partial charge < -0.3 is 9.72 Å². The predicted molar refractivity (Wildman–Crippen MR) is 84.5 cm³/mol. The van der Waals surface area contributed by atoms with Crippen LogP contribution >= 0.6 is 11.6 Å². The average molecular weight is 306 g/mol. The van der Waals surface area contributed by atoms with Crippen LogP contribution < -0.4 is 0 Å². The zero-order valence-corrected chi connectivity index (χ0v) is 13.2. The van der Waals surface area contributed by atoms with Crippen molar-refractivity contribution < 1.29 is 4.74 Å². The Kier molecular flexibility index (Phi) is 4.29. The molecule has 2 aromatic rings. The van der Waals surface area contributed by atoms with E-state index in [0.29, 0.717) is 6.04 Å². The minimum absolute atomic E-state index is 0.422. The fourth-order valence-electron chi connectivity index (χ4n) is 2.78. The van der Waals surface area contributed by atoms with Crippen LogP contribution in [0, 0.1) is 0 Å². The molecule has 0 saturated heterocycles. The molecule has 112 valence electrons. The van der Waals surface area contributed by atoms with Gasteiger partial charge in [-0.05, 0) is 31.2 Å².